The molecular weight excluding hydrogens is 388 g/mol. The van der Waals surface area contributed by atoms with E-state index in [4.69, 9.17) is 4.74 Å². The Morgan fingerprint density at radius 3 is 2.06 bits per heavy atom. The fraction of sp³-hybridized carbons (Fsp3) is 0.231. The molecular formula is C26H26N2O3. The van der Waals surface area contributed by atoms with Gasteiger partial charge in [-0.15, -0.1) is 0 Å². The maximum absolute atomic E-state index is 13.1. The Bertz CT molecular complexity index is 1010. The number of hydrogen-bond donors (Lipinski definition) is 1. The molecule has 1 heterocycles. The fourth-order valence-electron chi connectivity index (χ4n) is 4.10. The molecule has 5 heteroatoms. The lowest BCUT2D eigenvalue weighted by atomic mass is 9.77. The number of amides is 2. The summed E-state index contributed by atoms with van der Waals surface area (Å²) in [7, 11) is 0. The number of likely N-dealkylation sites (tertiary alicyclic amines) is 1. The third-order valence-electron chi connectivity index (χ3n) is 5.68. The minimum absolute atomic E-state index is 0.0357. The first-order valence-electron chi connectivity index (χ1n) is 10.5. The van der Waals surface area contributed by atoms with E-state index in [0.717, 1.165) is 16.7 Å². The summed E-state index contributed by atoms with van der Waals surface area (Å²) in [5.41, 5.74) is 3.06. The van der Waals surface area contributed by atoms with Crippen LogP contribution < -0.4 is 5.32 Å². The van der Waals surface area contributed by atoms with Gasteiger partial charge in [-0.25, -0.2) is 4.79 Å². The van der Waals surface area contributed by atoms with Crippen LogP contribution in [0.3, 0.4) is 0 Å². The third kappa shape index (κ3) is 4.77. The van der Waals surface area contributed by atoms with Gasteiger partial charge in [-0.05, 0) is 23.6 Å². The second kappa shape index (κ2) is 9.47. The Morgan fingerprint density at radius 1 is 0.903 bits per heavy atom. The van der Waals surface area contributed by atoms with Crippen molar-refractivity contribution in [3.8, 4) is 0 Å². The maximum atomic E-state index is 13.1. The van der Waals surface area contributed by atoms with Crippen LogP contribution in [0.25, 0.3) is 0 Å². The van der Waals surface area contributed by atoms with E-state index in [9.17, 15) is 9.59 Å². The van der Waals surface area contributed by atoms with Crippen molar-refractivity contribution in [3.05, 3.63) is 108 Å². The van der Waals surface area contributed by atoms with E-state index in [2.05, 4.69) is 5.32 Å². The summed E-state index contributed by atoms with van der Waals surface area (Å²) in [5, 5.41) is 2.86. The Balaban J connectivity index is 1.44. The standard InChI is InChI=1S/C26H26N2O3/c1-19(27-26(30)31-18-21-13-7-3-8-14-21)23-24(22-15-9-4-10-16-22)28(25(23)29)17-20-11-5-2-6-12-20/h2-16,19,23-24H,17-18H2,1H3,(H,27,30)/t19-,23+,24+/m0/s1. The van der Waals surface area contributed by atoms with Crippen LogP contribution in [0, 0.1) is 5.92 Å². The lowest BCUT2D eigenvalue weighted by Gasteiger charge is -2.50. The lowest BCUT2D eigenvalue weighted by Crippen LogP contribution is -2.61. The van der Waals surface area contributed by atoms with Crippen LogP contribution in [0.2, 0.25) is 0 Å². The number of hydrogen-bond acceptors (Lipinski definition) is 3. The highest BCUT2D eigenvalue weighted by molar-refractivity contribution is 5.88. The van der Waals surface area contributed by atoms with Crippen LogP contribution in [0.1, 0.15) is 29.7 Å². The molecule has 2 amide bonds. The van der Waals surface area contributed by atoms with Crippen LogP contribution in [-0.2, 0) is 22.7 Å². The van der Waals surface area contributed by atoms with Crippen molar-refractivity contribution >= 4 is 12.0 Å². The number of carbonyl (C=O) groups excluding carboxylic acids is 2. The molecule has 0 aromatic heterocycles. The molecule has 1 aliphatic heterocycles. The highest BCUT2D eigenvalue weighted by Crippen LogP contribution is 2.43. The second-order valence-electron chi connectivity index (χ2n) is 7.83. The summed E-state index contributed by atoms with van der Waals surface area (Å²) in [6, 6.07) is 29.0. The van der Waals surface area contributed by atoms with Crippen molar-refractivity contribution in [3.63, 3.8) is 0 Å². The van der Waals surface area contributed by atoms with Crippen LogP contribution in [0.5, 0.6) is 0 Å². The second-order valence-corrected chi connectivity index (χ2v) is 7.83. The van der Waals surface area contributed by atoms with E-state index >= 15 is 0 Å². The number of benzene rings is 3. The summed E-state index contributed by atoms with van der Waals surface area (Å²) < 4.78 is 5.34. The fourth-order valence-corrected chi connectivity index (χ4v) is 4.10. The van der Waals surface area contributed by atoms with Crippen molar-refractivity contribution in [2.45, 2.75) is 32.2 Å². The van der Waals surface area contributed by atoms with Crippen LogP contribution in [-0.4, -0.2) is 22.9 Å². The van der Waals surface area contributed by atoms with Gasteiger partial charge in [0.05, 0.1) is 12.0 Å². The summed E-state index contributed by atoms with van der Waals surface area (Å²) in [6.07, 6.45) is -0.516. The molecule has 5 nitrogen and oxygen atoms in total. The van der Waals surface area contributed by atoms with Crippen molar-refractivity contribution in [1.29, 1.82) is 0 Å². The van der Waals surface area contributed by atoms with Gasteiger partial charge >= 0.3 is 6.09 Å². The van der Waals surface area contributed by atoms with Gasteiger partial charge in [0.2, 0.25) is 5.91 Å². The largest absolute Gasteiger partial charge is 0.445 e. The zero-order valence-electron chi connectivity index (χ0n) is 17.5. The summed E-state index contributed by atoms with van der Waals surface area (Å²) in [6.45, 7) is 2.60. The molecule has 3 aromatic carbocycles. The summed E-state index contributed by atoms with van der Waals surface area (Å²) >= 11 is 0. The van der Waals surface area contributed by atoms with Crippen LogP contribution in [0.15, 0.2) is 91.0 Å². The number of rotatable bonds is 7. The highest BCUT2D eigenvalue weighted by Gasteiger charge is 2.50. The SMILES string of the molecule is C[C@H](NC(=O)OCc1ccccc1)[C@H]1C(=O)N(Cc2ccccc2)[C@@H]1c1ccccc1. The minimum Gasteiger partial charge on any atom is -0.445 e. The Labute approximate surface area is 182 Å². The molecule has 1 aliphatic rings. The van der Waals surface area contributed by atoms with E-state index in [1.165, 1.54) is 0 Å². The summed E-state index contributed by atoms with van der Waals surface area (Å²) in [4.78, 5) is 27.3. The molecule has 1 fully saturated rings. The average Bonchev–Trinajstić information content (AvgIpc) is 2.81. The Kier molecular flexibility index (Phi) is 6.32. The van der Waals surface area contributed by atoms with E-state index < -0.39 is 6.09 Å². The molecule has 3 aromatic rings. The first kappa shape index (κ1) is 20.7. The quantitative estimate of drug-likeness (QED) is 0.570. The zero-order chi connectivity index (χ0) is 21.6. The van der Waals surface area contributed by atoms with E-state index in [1.807, 2.05) is 103 Å². The van der Waals surface area contributed by atoms with Crippen LogP contribution in [0.4, 0.5) is 4.79 Å². The molecule has 158 valence electrons. The van der Waals surface area contributed by atoms with Crippen molar-refractivity contribution in [2.24, 2.45) is 5.92 Å². The van der Waals surface area contributed by atoms with E-state index in [1.54, 1.807) is 0 Å². The van der Waals surface area contributed by atoms with E-state index in [-0.39, 0.29) is 30.5 Å². The number of nitrogens with zero attached hydrogens (tertiary/aromatic N) is 1. The number of β-lactam (4-membered cyclic amide) rings is 1. The Hall–Kier alpha value is -3.60. The highest BCUT2D eigenvalue weighted by atomic mass is 16.5. The van der Waals surface area contributed by atoms with Crippen molar-refractivity contribution in [2.75, 3.05) is 0 Å². The predicted molar refractivity (Wildman–Crippen MR) is 119 cm³/mol. The first-order valence-corrected chi connectivity index (χ1v) is 10.5. The number of carbonyl (C=O) groups is 2. The van der Waals surface area contributed by atoms with Gasteiger partial charge in [-0.2, -0.15) is 0 Å². The average molecular weight is 415 g/mol. The molecule has 3 atom stereocenters. The van der Waals surface area contributed by atoms with Gasteiger partial charge in [0.1, 0.15) is 6.61 Å². The van der Waals surface area contributed by atoms with Gasteiger partial charge < -0.3 is 15.0 Å². The number of nitrogens with one attached hydrogen (secondary N) is 1. The zero-order valence-corrected chi connectivity index (χ0v) is 17.5. The normalized spacial score (nSPS) is 18.7. The van der Waals surface area contributed by atoms with Crippen molar-refractivity contribution < 1.29 is 14.3 Å². The van der Waals surface area contributed by atoms with Gasteiger partial charge in [-0.3, -0.25) is 4.79 Å². The number of alkyl carbamates (subject to hydrolysis) is 1. The van der Waals surface area contributed by atoms with Gasteiger partial charge in [0.25, 0.3) is 0 Å². The van der Waals surface area contributed by atoms with Crippen molar-refractivity contribution in [1.82, 2.24) is 10.2 Å². The topological polar surface area (TPSA) is 58.6 Å². The molecule has 0 unspecified atom stereocenters. The van der Waals surface area contributed by atoms with E-state index in [0.29, 0.717) is 6.54 Å². The smallest absolute Gasteiger partial charge is 0.407 e. The maximum Gasteiger partial charge on any atom is 0.407 e. The molecule has 0 aliphatic carbocycles. The molecule has 31 heavy (non-hydrogen) atoms. The molecule has 0 bridgehead atoms. The number of ether oxygens (including phenoxy) is 1. The van der Waals surface area contributed by atoms with Gasteiger partial charge in [0, 0.05) is 12.6 Å². The molecule has 0 radical (unpaired) electrons. The summed E-state index contributed by atoms with van der Waals surface area (Å²) in [5.74, 6) is -0.302. The molecule has 0 saturated carbocycles. The monoisotopic (exact) mass is 414 g/mol. The molecule has 1 N–H and O–H groups in total. The Morgan fingerprint density at radius 2 is 1.45 bits per heavy atom. The molecule has 0 spiro atoms. The predicted octanol–water partition coefficient (Wildman–Crippen LogP) is 4.70. The minimum atomic E-state index is -0.516. The molecule has 4 rings (SSSR count). The van der Waals surface area contributed by atoms with Gasteiger partial charge in [0.15, 0.2) is 0 Å². The third-order valence-corrected chi connectivity index (χ3v) is 5.68. The lowest BCUT2D eigenvalue weighted by molar-refractivity contribution is -0.160. The van der Waals surface area contributed by atoms with Crippen LogP contribution >= 0.6 is 0 Å². The first-order chi connectivity index (χ1) is 15.1. The molecule has 1 saturated heterocycles. The van der Waals surface area contributed by atoms with Gasteiger partial charge in [-0.1, -0.05) is 91.0 Å².